The number of nitrogens with zero attached hydrogens (tertiary/aromatic N) is 4. The van der Waals surface area contributed by atoms with Crippen molar-refractivity contribution in [2.24, 2.45) is 0 Å². The van der Waals surface area contributed by atoms with E-state index >= 15 is 0 Å². The summed E-state index contributed by atoms with van der Waals surface area (Å²) >= 11 is 6.01. The Hall–Kier alpha value is -1.93. The van der Waals surface area contributed by atoms with Crippen molar-refractivity contribution in [3.8, 4) is 0 Å². The molecule has 0 bridgehead atoms. The quantitative estimate of drug-likeness (QED) is 0.832. The van der Waals surface area contributed by atoms with Gasteiger partial charge in [0.2, 0.25) is 0 Å². The molecule has 21 heavy (non-hydrogen) atoms. The van der Waals surface area contributed by atoms with E-state index in [9.17, 15) is 4.79 Å². The Balaban J connectivity index is 2.07. The number of aromatic nitrogens is 5. The molecule has 0 aliphatic heterocycles. The first-order chi connectivity index (χ1) is 10.0. The minimum absolute atomic E-state index is 0.170. The van der Waals surface area contributed by atoms with Gasteiger partial charge in [-0.05, 0) is 13.8 Å². The first-order valence-electron chi connectivity index (χ1n) is 6.42. The summed E-state index contributed by atoms with van der Waals surface area (Å²) in [4.78, 5) is 12.1. The Labute approximate surface area is 126 Å². The molecule has 114 valence electrons. The van der Waals surface area contributed by atoms with Crippen molar-refractivity contribution in [2.45, 2.75) is 26.4 Å². The van der Waals surface area contributed by atoms with Crippen molar-refractivity contribution in [2.75, 3.05) is 13.7 Å². The standard InChI is InChI=1S/C12H17ClN6O2/c1-7-9(13)10(17-16-7)12(20)15-8(2)11-18-14-6-19(11)4-5-21-3/h6,8H,4-5H2,1-3H3,(H,15,20)(H,16,17)/t8-/m0/s1. The largest absolute Gasteiger partial charge is 0.383 e. The Morgan fingerprint density at radius 3 is 3.00 bits per heavy atom. The van der Waals surface area contributed by atoms with Crippen LogP contribution in [0.4, 0.5) is 0 Å². The zero-order chi connectivity index (χ0) is 15.4. The molecule has 1 amide bonds. The molecule has 8 nitrogen and oxygen atoms in total. The maximum Gasteiger partial charge on any atom is 0.273 e. The molecule has 2 heterocycles. The highest BCUT2D eigenvalue weighted by Crippen LogP contribution is 2.18. The number of aromatic amines is 1. The molecule has 0 spiro atoms. The van der Waals surface area contributed by atoms with Gasteiger partial charge in [-0.1, -0.05) is 11.6 Å². The third-order valence-electron chi connectivity index (χ3n) is 3.00. The maximum atomic E-state index is 12.1. The van der Waals surface area contributed by atoms with E-state index in [1.54, 1.807) is 20.4 Å². The number of rotatable bonds is 6. The zero-order valence-corrected chi connectivity index (χ0v) is 12.8. The highest BCUT2D eigenvalue weighted by atomic mass is 35.5. The summed E-state index contributed by atoms with van der Waals surface area (Å²) in [6.07, 6.45) is 1.60. The van der Waals surface area contributed by atoms with Crippen LogP contribution in [0.15, 0.2) is 6.33 Å². The third kappa shape index (κ3) is 3.40. The molecule has 0 saturated carbocycles. The lowest BCUT2D eigenvalue weighted by Crippen LogP contribution is -2.29. The number of H-pyrrole nitrogens is 1. The number of methoxy groups -OCH3 is 1. The summed E-state index contributed by atoms with van der Waals surface area (Å²) in [5.41, 5.74) is 0.821. The number of halogens is 1. The molecular weight excluding hydrogens is 296 g/mol. The summed E-state index contributed by atoms with van der Waals surface area (Å²) < 4.78 is 6.85. The highest BCUT2D eigenvalue weighted by Gasteiger charge is 2.21. The van der Waals surface area contributed by atoms with Gasteiger partial charge >= 0.3 is 0 Å². The van der Waals surface area contributed by atoms with Crippen LogP contribution in [0.1, 0.15) is 35.0 Å². The van der Waals surface area contributed by atoms with Crippen molar-refractivity contribution in [1.29, 1.82) is 0 Å². The van der Waals surface area contributed by atoms with Crippen LogP contribution in [0.2, 0.25) is 5.02 Å². The lowest BCUT2D eigenvalue weighted by molar-refractivity contribution is 0.0932. The molecule has 2 N–H and O–H groups in total. The smallest absolute Gasteiger partial charge is 0.273 e. The minimum Gasteiger partial charge on any atom is -0.383 e. The molecule has 0 radical (unpaired) electrons. The first-order valence-corrected chi connectivity index (χ1v) is 6.80. The van der Waals surface area contributed by atoms with Crippen LogP contribution in [0.25, 0.3) is 0 Å². The van der Waals surface area contributed by atoms with Gasteiger partial charge < -0.3 is 14.6 Å². The van der Waals surface area contributed by atoms with E-state index < -0.39 is 0 Å². The average Bonchev–Trinajstić information content (AvgIpc) is 3.04. The van der Waals surface area contributed by atoms with Gasteiger partial charge in [0.05, 0.1) is 23.4 Å². The topological polar surface area (TPSA) is 97.7 Å². The molecule has 0 fully saturated rings. The molecule has 0 saturated heterocycles. The fraction of sp³-hybridized carbons (Fsp3) is 0.500. The number of aryl methyl sites for hydroxylation is 1. The van der Waals surface area contributed by atoms with E-state index in [0.29, 0.717) is 29.7 Å². The van der Waals surface area contributed by atoms with Gasteiger partial charge in [0.1, 0.15) is 6.33 Å². The van der Waals surface area contributed by atoms with Crippen molar-refractivity contribution >= 4 is 17.5 Å². The summed E-state index contributed by atoms with van der Waals surface area (Å²) in [5.74, 6) is 0.280. The second-order valence-corrected chi connectivity index (χ2v) is 4.96. The molecule has 2 aromatic rings. The number of hydrogen-bond donors (Lipinski definition) is 2. The normalized spacial score (nSPS) is 12.4. The van der Waals surface area contributed by atoms with Crippen LogP contribution in [0.5, 0.6) is 0 Å². The third-order valence-corrected chi connectivity index (χ3v) is 3.47. The van der Waals surface area contributed by atoms with Gasteiger partial charge in [-0.15, -0.1) is 10.2 Å². The van der Waals surface area contributed by atoms with E-state index in [2.05, 4.69) is 25.7 Å². The second-order valence-electron chi connectivity index (χ2n) is 4.58. The molecule has 9 heteroatoms. The Morgan fingerprint density at radius 2 is 2.38 bits per heavy atom. The molecular formula is C12H17ClN6O2. The van der Waals surface area contributed by atoms with Gasteiger partial charge in [-0.3, -0.25) is 9.89 Å². The Bertz CT molecular complexity index is 623. The fourth-order valence-electron chi connectivity index (χ4n) is 1.86. The number of nitrogens with one attached hydrogen (secondary N) is 2. The number of ether oxygens (including phenoxy) is 1. The summed E-state index contributed by atoms with van der Waals surface area (Å²) in [6.45, 7) is 4.72. The fourth-order valence-corrected chi connectivity index (χ4v) is 2.03. The van der Waals surface area contributed by atoms with E-state index in [1.165, 1.54) is 0 Å². The molecule has 0 aliphatic rings. The monoisotopic (exact) mass is 312 g/mol. The van der Waals surface area contributed by atoms with Gasteiger partial charge in [0.25, 0.3) is 5.91 Å². The average molecular weight is 313 g/mol. The van der Waals surface area contributed by atoms with Gasteiger partial charge in [0, 0.05) is 13.7 Å². The van der Waals surface area contributed by atoms with E-state index in [-0.39, 0.29) is 17.6 Å². The van der Waals surface area contributed by atoms with Crippen molar-refractivity contribution in [1.82, 2.24) is 30.3 Å². The zero-order valence-electron chi connectivity index (χ0n) is 12.1. The lowest BCUT2D eigenvalue weighted by Gasteiger charge is -2.14. The molecule has 0 aromatic carbocycles. The summed E-state index contributed by atoms with van der Waals surface area (Å²) in [5, 5.41) is 17.6. The number of carbonyl (C=O) groups excluding carboxylic acids is 1. The Kier molecular flexibility index (Phi) is 4.92. The molecule has 0 unspecified atom stereocenters. The SMILES string of the molecule is COCCn1cnnc1[C@H](C)NC(=O)c1n[nH]c(C)c1Cl. The van der Waals surface area contributed by atoms with Crippen molar-refractivity contribution in [3.05, 3.63) is 28.6 Å². The lowest BCUT2D eigenvalue weighted by atomic mass is 10.2. The van der Waals surface area contributed by atoms with E-state index in [0.717, 1.165) is 0 Å². The molecule has 2 aromatic heterocycles. The predicted octanol–water partition coefficient (Wildman–Crippen LogP) is 1.10. The summed E-state index contributed by atoms with van der Waals surface area (Å²) in [6, 6.07) is -0.329. The molecule has 0 aliphatic carbocycles. The van der Waals surface area contributed by atoms with E-state index in [1.807, 2.05) is 11.5 Å². The first kappa shape index (κ1) is 15.5. The van der Waals surface area contributed by atoms with Gasteiger partial charge in [0.15, 0.2) is 11.5 Å². The van der Waals surface area contributed by atoms with Crippen LogP contribution in [-0.2, 0) is 11.3 Å². The van der Waals surface area contributed by atoms with Crippen LogP contribution >= 0.6 is 11.6 Å². The van der Waals surface area contributed by atoms with Crippen LogP contribution < -0.4 is 5.32 Å². The molecule has 2 rings (SSSR count). The van der Waals surface area contributed by atoms with Crippen LogP contribution in [0, 0.1) is 6.92 Å². The van der Waals surface area contributed by atoms with Crippen LogP contribution in [0.3, 0.4) is 0 Å². The van der Waals surface area contributed by atoms with Crippen molar-refractivity contribution < 1.29 is 9.53 Å². The van der Waals surface area contributed by atoms with Crippen molar-refractivity contribution in [3.63, 3.8) is 0 Å². The second kappa shape index (κ2) is 6.68. The predicted molar refractivity (Wildman–Crippen MR) is 76.1 cm³/mol. The van der Waals surface area contributed by atoms with Crippen LogP contribution in [-0.4, -0.2) is 44.6 Å². The Morgan fingerprint density at radius 1 is 1.62 bits per heavy atom. The summed E-state index contributed by atoms with van der Waals surface area (Å²) in [7, 11) is 1.62. The number of carbonyl (C=O) groups is 1. The molecule has 1 atom stereocenters. The van der Waals surface area contributed by atoms with Gasteiger partial charge in [-0.2, -0.15) is 5.10 Å². The maximum absolute atomic E-state index is 12.1. The minimum atomic E-state index is -0.363. The number of amides is 1. The van der Waals surface area contributed by atoms with Gasteiger partial charge in [-0.25, -0.2) is 0 Å². The number of hydrogen-bond acceptors (Lipinski definition) is 5. The van der Waals surface area contributed by atoms with E-state index in [4.69, 9.17) is 16.3 Å². The highest BCUT2D eigenvalue weighted by molar-refractivity contribution is 6.34.